The Morgan fingerprint density at radius 2 is 1.89 bits per heavy atom. The Bertz CT molecular complexity index is 982. The van der Waals surface area contributed by atoms with E-state index in [0.29, 0.717) is 29.2 Å². The van der Waals surface area contributed by atoms with Crippen LogP contribution in [0.4, 0.5) is 18.9 Å². The maximum atomic E-state index is 12.8. The summed E-state index contributed by atoms with van der Waals surface area (Å²) in [4.78, 5) is 15.9. The van der Waals surface area contributed by atoms with Gasteiger partial charge in [-0.15, -0.1) is 5.10 Å². The maximum Gasteiger partial charge on any atom is 0.416 e. The Morgan fingerprint density at radius 1 is 1.18 bits per heavy atom. The van der Waals surface area contributed by atoms with Crippen molar-refractivity contribution in [3.63, 3.8) is 0 Å². The summed E-state index contributed by atoms with van der Waals surface area (Å²) in [6.07, 6.45) is -4.09. The second-order valence-corrected chi connectivity index (χ2v) is 5.86. The zero-order valence-electron chi connectivity index (χ0n) is 15.1. The molecule has 3 aromatic rings. The van der Waals surface area contributed by atoms with Crippen LogP contribution in [0.25, 0.3) is 17.1 Å². The summed E-state index contributed by atoms with van der Waals surface area (Å²) in [7, 11) is 1.40. The number of hydrogen-bond acceptors (Lipinski definition) is 4. The second kappa shape index (κ2) is 7.71. The lowest BCUT2D eigenvalue weighted by molar-refractivity contribution is -0.137. The molecule has 0 aliphatic rings. The van der Waals surface area contributed by atoms with Crippen molar-refractivity contribution in [1.82, 2.24) is 14.8 Å². The molecule has 0 aliphatic heterocycles. The number of carbonyl (C=O) groups is 1. The van der Waals surface area contributed by atoms with Crippen LogP contribution in [-0.4, -0.2) is 27.8 Å². The van der Waals surface area contributed by atoms with E-state index in [1.165, 1.54) is 23.9 Å². The second-order valence-electron chi connectivity index (χ2n) is 5.86. The summed E-state index contributed by atoms with van der Waals surface area (Å²) in [6, 6.07) is 11.6. The third kappa shape index (κ3) is 4.13. The van der Waals surface area contributed by atoms with Gasteiger partial charge in [-0.1, -0.05) is 25.1 Å². The van der Waals surface area contributed by atoms with E-state index in [1.807, 2.05) is 0 Å². The van der Waals surface area contributed by atoms with Crippen molar-refractivity contribution in [3.8, 4) is 23.1 Å². The zero-order valence-corrected chi connectivity index (χ0v) is 15.1. The molecule has 0 saturated heterocycles. The fraction of sp³-hybridized carbons (Fsp3) is 0.211. The first-order chi connectivity index (χ1) is 13.3. The quantitative estimate of drug-likeness (QED) is 0.705. The van der Waals surface area contributed by atoms with Crippen molar-refractivity contribution >= 4 is 11.6 Å². The zero-order chi connectivity index (χ0) is 20.3. The summed E-state index contributed by atoms with van der Waals surface area (Å²) >= 11 is 0. The lowest BCUT2D eigenvalue weighted by atomic mass is 10.1. The van der Waals surface area contributed by atoms with Gasteiger partial charge < -0.3 is 10.1 Å². The summed E-state index contributed by atoms with van der Waals surface area (Å²) in [5, 5.41) is 6.98. The van der Waals surface area contributed by atoms with Gasteiger partial charge in [0, 0.05) is 17.7 Å². The van der Waals surface area contributed by atoms with E-state index < -0.39 is 11.7 Å². The van der Waals surface area contributed by atoms with Gasteiger partial charge in [-0.05, 0) is 30.3 Å². The average Bonchev–Trinajstić information content (AvgIpc) is 3.12. The SMILES string of the molecule is CCC(=O)Nc1cccc(-n2nc(OC)nc2-c2ccc(C(F)(F)F)cc2)c1. The van der Waals surface area contributed by atoms with Crippen molar-refractivity contribution < 1.29 is 22.7 Å². The van der Waals surface area contributed by atoms with Crippen LogP contribution in [0.1, 0.15) is 18.9 Å². The number of carbonyl (C=O) groups excluding carboxylic acids is 1. The molecule has 1 N–H and O–H groups in total. The fourth-order valence-corrected chi connectivity index (χ4v) is 2.52. The molecule has 1 heterocycles. The Kier molecular flexibility index (Phi) is 5.34. The van der Waals surface area contributed by atoms with Crippen LogP contribution in [0, 0.1) is 0 Å². The summed E-state index contributed by atoms with van der Waals surface area (Å²) < 4.78 is 45.0. The molecule has 0 saturated carbocycles. The minimum atomic E-state index is -4.42. The molecular weight excluding hydrogens is 373 g/mol. The van der Waals surface area contributed by atoms with Gasteiger partial charge in [0.15, 0.2) is 5.82 Å². The fourth-order valence-electron chi connectivity index (χ4n) is 2.52. The molecular formula is C19H17F3N4O2. The number of methoxy groups -OCH3 is 1. The number of benzene rings is 2. The summed E-state index contributed by atoms with van der Waals surface area (Å²) in [6.45, 7) is 1.74. The number of hydrogen-bond donors (Lipinski definition) is 1. The van der Waals surface area contributed by atoms with Crippen LogP contribution >= 0.6 is 0 Å². The smallest absolute Gasteiger partial charge is 0.416 e. The average molecular weight is 390 g/mol. The monoisotopic (exact) mass is 390 g/mol. The van der Waals surface area contributed by atoms with Crippen LogP contribution in [-0.2, 0) is 11.0 Å². The number of rotatable bonds is 5. The van der Waals surface area contributed by atoms with Crippen LogP contribution in [0.2, 0.25) is 0 Å². The molecule has 0 atom stereocenters. The molecule has 9 heteroatoms. The van der Waals surface area contributed by atoms with Gasteiger partial charge >= 0.3 is 12.2 Å². The minimum absolute atomic E-state index is 0.0675. The normalized spacial score (nSPS) is 11.3. The molecule has 0 aliphatic carbocycles. The number of alkyl halides is 3. The topological polar surface area (TPSA) is 69.0 Å². The Hall–Kier alpha value is -3.36. The first-order valence-electron chi connectivity index (χ1n) is 8.40. The molecule has 146 valence electrons. The summed E-state index contributed by atoms with van der Waals surface area (Å²) in [5.74, 6) is 0.167. The molecule has 3 rings (SSSR count). The summed E-state index contributed by atoms with van der Waals surface area (Å²) in [5.41, 5.74) is 0.821. The highest BCUT2D eigenvalue weighted by molar-refractivity contribution is 5.90. The van der Waals surface area contributed by atoms with Crippen LogP contribution in [0.5, 0.6) is 6.01 Å². The van der Waals surface area contributed by atoms with Crippen LogP contribution in [0.15, 0.2) is 48.5 Å². The number of anilines is 1. The molecule has 28 heavy (non-hydrogen) atoms. The third-order valence-corrected chi connectivity index (χ3v) is 3.94. The minimum Gasteiger partial charge on any atom is -0.466 e. The van der Waals surface area contributed by atoms with Crippen LogP contribution in [0.3, 0.4) is 0 Å². The molecule has 0 radical (unpaired) electrons. The molecule has 0 unspecified atom stereocenters. The molecule has 6 nitrogen and oxygen atoms in total. The van der Waals surface area contributed by atoms with E-state index in [0.717, 1.165) is 12.1 Å². The third-order valence-electron chi connectivity index (χ3n) is 3.94. The maximum absolute atomic E-state index is 12.8. The van der Waals surface area contributed by atoms with Gasteiger partial charge in [0.05, 0.1) is 18.4 Å². The number of halogens is 3. The Labute approximate surface area is 159 Å². The van der Waals surface area contributed by atoms with Gasteiger partial charge in [-0.2, -0.15) is 18.2 Å². The van der Waals surface area contributed by atoms with Gasteiger partial charge in [0.2, 0.25) is 5.91 Å². The predicted octanol–water partition coefficient (Wildman–Crippen LogP) is 4.31. The number of aromatic nitrogens is 3. The van der Waals surface area contributed by atoms with Crippen molar-refractivity contribution in [3.05, 3.63) is 54.1 Å². The number of nitrogens with one attached hydrogen (secondary N) is 1. The van der Waals surface area contributed by atoms with E-state index in [9.17, 15) is 18.0 Å². The lowest BCUT2D eigenvalue weighted by Crippen LogP contribution is -2.10. The number of amides is 1. The highest BCUT2D eigenvalue weighted by Gasteiger charge is 2.30. The largest absolute Gasteiger partial charge is 0.466 e. The number of ether oxygens (including phenoxy) is 1. The molecule has 2 aromatic carbocycles. The van der Waals surface area contributed by atoms with Crippen molar-refractivity contribution in [2.24, 2.45) is 0 Å². The van der Waals surface area contributed by atoms with E-state index >= 15 is 0 Å². The number of nitrogens with zero attached hydrogens (tertiary/aromatic N) is 3. The predicted molar refractivity (Wildman–Crippen MR) is 97.3 cm³/mol. The van der Waals surface area contributed by atoms with Gasteiger partial charge in [0.1, 0.15) is 0 Å². The lowest BCUT2D eigenvalue weighted by Gasteiger charge is -2.10. The molecule has 0 spiro atoms. The first-order valence-corrected chi connectivity index (χ1v) is 8.40. The van der Waals surface area contributed by atoms with E-state index in [-0.39, 0.29) is 11.9 Å². The Morgan fingerprint density at radius 3 is 2.50 bits per heavy atom. The molecule has 1 amide bonds. The standard InChI is InChI=1S/C19H17F3N4O2/c1-3-16(27)23-14-5-4-6-15(11-14)26-17(24-18(25-26)28-2)12-7-9-13(10-8-12)19(20,21)22/h4-11H,3H2,1-2H3,(H,23,27). The Balaban J connectivity index is 2.03. The van der Waals surface area contributed by atoms with E-state index in [1.54, 1.807) is 31.2 Å². The van der Waals surface area contributed by atoms with Gasteiger partial charge in [-0.3, -0.25) is 4.79 Å². The highest BCUT2D eigenvalue weighted by atomic mass is 19.4. The van der Waals surface area contributed by atoms with Crippen molar-refractivity contribution in [1.29, 1.82) is 0 Å². The molecule has 0 fully saturated rings. The van der Waals surface area contributed by atoms with Crippen molar-refractivity contribution in [2.75, 3.05) is 12.4 Å². The van der Waals surface area contributed by atoms with Crippen LogP contribution < -0.4 is 10.1 Å². The first kappa shape index (κ1) is 19.4. The molecule has 0 bridgehead atoms. The van der Waals surface area contributed by atoms with E-state index in [2.05, 4.69) is 15.4 Å². The van der Waals surface area contributed by atoms with Gasteiger partial charge in [0.25, 0.3) is 0 Å². The molecule has 1 aromatic heterocycles. The van der Waals surface area contributed by atoms with E-state index in [4.69, 9.17) is 4.74 Å². The van der Waals surface area contributed by atoms with Crippen molar-refractivity contribution in [2.45, 2.75) is 19.5 Å². The highest BCUT2D eigenvalue weighted by Crippen LogP contribution is 2.31. The van der Waals surface area contributed by atoms with Gasteiger partial charge in [-0.25, -0.2) is 4.68 Å².